The largest absolute Gasteiger partial charge is 0.321 e. The Morgan fingerprint density at radius 1 is 0.776 bits per heavy atom. The predicted molar refractivity (Wildman–Crippen MR) is 195 cm³/mol. The zero-order valence-corrected chi connectivity index (χ0v) is 28.2. The lowest BCUT2D eigenvalue weighted by atomic mass is 10.1. The summed E-state index contributed by atoms with van der Waals surface area (Å²) in [5, 5.41) is 13.4. The van der Waals surface area contributed by atoms with Crippen molar-refractivity contribution in [3.05, 3.63) is 155 Å². The number of nitrogens with one attached hydrogen (secondary N) is 2. The Morgan fingerprint density at radius 2 is 1.43 bits per heavy atom. The summed E-state index contributed by atoms with van der Waals surface area (Å²) >= 11 is 4.72. The van der Waals surface area contributed by atoms with E-state index < -0.39 is 17.1 Å². The van der Waals surface area contributed by atoms with Gasteiger partial charge in [-0.05, 0) is 96.6 Å². The summed E-state index contributed by atoms with van der Waals surface area (Å²) in [4.78, 5) is 54.5. The van der Waals surface area contributed by atoms with Gasteiger partial charge in [-0.2, -0.15) is 10.2 Å². The number of azo groups is 1. The highest BCUT2D eigenvalue weighted by molar-refractivity contribution is 9.10. The molecule has 0 aliphatic carbocycles. The Balaban J connectivity index is 1.10. The maximum Gasteiger partial charge on any atom is 0.272 e. The van der Waals surface area contributed by atoms with Crippen LogP contribution in [0.1, 0.15) is 22.3 Å². The van der Waals surface area contributed by atoms with E-state index in [1.807, 2.05) is 54.6 Å². The Morgan fingerprint density at radius 3 is 2.10 bits per heavy atom. The van der Waals surface area contributed by atoms with Gasteiger partial charge >= 0.3 is 0 Å². The second-order valence-electron chi connectivity index (χ2n) is 10.8. The number of benzene rings is 5. The summed E-state index contributed by atoms with van der Waals surface area (Å²) in [6.45, 7) is 0. The van der Waals surface area contributed by atoms with Crippen molar-refractivity contribution in [2.75, 3.05) is 10.2 Å². The molecule has 1 atom stereocenters. The number of carbonyl (C=O) groups excluding carboxylic acids is 4. The molecule has 0 spiro atoms. The third-order valence-corrected chi connectivity index (χ3v) is 9.02. The molecule has 1 aliphatic rings. The third-order valence-electron chi connectivity index (χ3n) is 7.33. The van der Waals surface area contributed by atoms with Crippen LogP contribution < -0.4 is 15.5 Å². The van der Waals surface area contributed by atoms with Gasteiger partial charge in [0.15, 0.2) is 0 Å². The van der Waals surface area contributed by atoms with Crippen molar-refractivity contribution < 1.29 is 19.2 Å². The van der Waals surface area contributed by atoms with Crippen molar-refractivity contribution in [2.45, 2.75) is 16.6 Å². The average molecular weight is 731 g/mol. The molecule has 0 aromatic heterocycles. The standard InChI is InChI=1S/C38H28BrN5O4S/c39-27-11-7-8-25(22-27)23-33(41-36(46)26-9-3-1-4-10-26)37(47)40-28-16-20-32(21-17-28)49-34-24-35(45)44(38(34)48)31-18-14-30(15-19-31)43-42-29-12-5-2-6-13-29/h1-23,34H,24H2,(H,40,47)(H,41,46)/b33-23-,43-42?. The topological polar surface area (TPSA) is 120 Å². The number of halogens is 1. The molecule has 4 amide bonds. The molecule has 2 N–H and O–H groups in total. The first-order chi connectivity index (χ1) is 23.8. The molecule has 1 fully saturated rings. The molecular formula is C38H28BrN5O4S. The van der Waals surface area contributed by atoms with Crippen molar-refractivity contribution in [3.63, 3.8) is 0 Å². The molecule has 0 saturated carbocycles. The molecule has 0 bridgehead atoms. The van der Waals surface area contributed by atoms with Gasteiger partial charge in [0.05, 0.1) is 22.3 Å². The Kier molecular flexibility index (Phi) is 10.5. The van der Waals surface area contributed by atoms with E-state index in [0.717, 1.165) is 15.1 Å². The summed E-state index contributed by atoms with van der Waals surface area (Å²) in [6.07, 6.45) is 1.66. The van der Waals surface area contributed by atoms with Crippen LogP contribution in [0.3, 0.4) is 0 Å². The van der Waals surface area contributed by atoms with E-state index >= 15 is 0 Å². The highest BCUT2D eigenvalue weighted by atomic mass is 79.9. The minimum absolute atomic E-state index is 0.0579. The van der Waals surface area contributed by atoms with Crippen LogP contribution in [0.5, 0.6) is 0 Å². The number of amides is 4. The van der Waals surface area contributed by atoms with Crippen LogP contribution in [0.2, 0.25) is 0 Å². The number of hydrogen-bond acceptors (Lipinski definition) is 7. The second-order valence-corrected chi connectivity index (χ2v) is 13.0. The molecule has 242 valence electrons. The number of nitrogens with zero attached hydrogens (tertiary/aromatic N) is 3. The van der Waals surface area contributed by atoms with Gasteiger partial charge < -0.3 is 10.6 Å². The number of hydrogen-bond donors (Lipinski definition) is 2. The van der Waals surface area contributed by atoms with Gasteiger partial charge in [0.25, 0.3) is 11.8 Å². The van der Waals surface area contributed by atoms with E-state index in [2.05, 4.69) is 36.8 Å². The second kappa shape index (κ2) is 15.5. The van der Waals surface area contributed by atoms with Crippen molar-refractivity contribution in [1.29, 1.82) is 0 Å². The van der Waals surface area contributed by atoms with Gasteiger partial charge in [0.2, 0.25) is 11.8 Å². The fourth-order valence-corrected chi connectivity index (χ4v) is 6.40. The van der Waals surface area contributed by atoms with E-state index in [1.165, 1.54) is 16.7 Å². The average Bonchev–Trinajstić information content (AvgIpc) is 3.40. The van der Waals surface area contributed by atoms with Gasteiger partial charge in [-0.3, -0.25) is 19.2 Å². The zero-order valence-electron chi connectivity index (χ0n) is 25.8. The van der Waals surface area contributed by atoms with Gasteiger partial charge in [-0.1, -0.05) is 64.5 Å². The molecule has 49 heavy (non-hydrogen) atoms. The lowest BCUT2D eigenvalue weighted by molar-refractivity contribution is -0.121. The van der Waals surface area contributed by atoms with Crippen LogP contribution in [0.15, 0.2) is 159 Å². The Labute approximate surface area is 295 Å². The van der Waals surface area contributed by atoms with Crippen LogP contribution in [-0.4, -0.2) is 28.9 Å². The van der Waals surface area contributed by atoms with Crippen molar-refractivity contribution in [1.82, 2.24) is 5.32 Å². The molecule has 9 nitrogen and oxygen atoms in total. The fourth-order valence-electron chi connectivity index (χ4n) is 4.93. The predicted octanol–water partition coefficient (Wildman–Crippen LogP) is 8.70. The molecule has 0 radical (unpaired) electrons. The molecule has 11 heteroatoms. The fraction of sp³-hybridized carbons (Fsp3) is 0.0526. The molecule has 1 saturated heterocycles. The maximum atomic E-state index is 13.4. The Hall–Kier alpha value is -5.65. The molecular weight excluding hydrogens is 702 g/mol. The number of imide groups is 1. The van der Waals surface area contributed by atoms with Crippen molar-refractivity contribution >= 4 is 80.1 Å². The molecule has 6 rings (SSSR count). The van der Waals surface area contributed by atoms with Gasteiger partial charge in [0, 0.05) is 27.0 Å². The Bertz CT molecular complexity index is 2050. The van der Waals surface area contributed by atoms with Gasteiger partial charge in [0.1, 0.15) is 5.70 Å². The summed E-state index contributed by atoms with van der Waals surface area (Å²) in [7, 11) is 0. The van der Waals surface area contributed by atoms with Crippen LogP contribution in [0.4, 0.5) is 22.7 Å². The van der Waals surface area contributed by atoms with Crippen molar-refractivity contribution in [2.24, 2.45) is 10.2 Å². The lowest BCUT2D eigenvalue weighted by Crippen LogP contribution is -2.31. The molecule has 1 unspecified atom stereocenters. The normalized spacial score (nSPS) is 14.7. The third kappa shape index (κ3) is 8.64. The quantitative estimate of drug-likeness (QED) is 0.0847. The maximum absolute atomic E-state index is 13.4. The van der Waals surface area contributed by atoms with E-state index in [1.54, 1.807) is 84.9 Å². The van der Waals surface area contributed by atoms with Crippen LogP contribution in [-0.2, 0) is 14.4 Å². The highest BCUT2D eigenvalue weighted by Crippen LogP contribution is 2.35. The van der Waals surface area contributed by atoms with Crippen LogP contribution >= 0.6 is 27.7 Å². The molecule has 5 aromatic rings. The zero-order chi connectivity index (χ0) is 34.2. The van der Waals surface area contributed by atoms with Gasteiger partial charge in [-0.15, -0.1) is 11.8 Å². The monoisotopic (exact) mass is 729 g/mol. The molecule has 5 aromatic carbocycles. The van der Waals surface area contributed by atoms with Crippen molar-refractivity contribution in [3.8, 4) is 0 Å². The van der Waals surface area contributed by atoms with Gasteiger partial charge in [-0.25, -0.2) is 4.90 Å². The number of carbonyl (C=O) groups is 4. The molecule has 1 heterocycles. The summed E-state index contributed by atoms with van der Waals surface area (Å²) in [6, 6.07) is 39.1. The number of rotatable bonds is 10. The first-order valence-corrected chi connectivity index (χ1v) is 16.8. The number of anilines is 2. The van der Waals surface area contributed by atoms with Crippen LogP contribution in [0, 0.1) is 0 Å². The van der Waals surface area contributed by atoms with E-state index in [0.29, 0.717) is 28.2 Å². The molecule has 1 aliphatic heterocycles. The first-order valence-electron chi connectivity index (χ1n) is 15.2. The lowest BCUT2D eigenvalue weighted by Gasteiger charge is -2.15. The van der Waals surface area contributed by atoms with E-state index in [9.17, 15) is 19.2 Å². The number of thioether (sulfide) groups is 1. The smallest absolute Gasteiger partial charge is 0.272 e. The first kappa shape index (κ1) is 33.3. The van der Waals surface area contributed by atoms with Crippen LogP contribution in [0.25, 0.3) is 6.08 Å². The minimum atomic E-state index is -0.599. The van der Waals surface area contributed by atoms with E-state index in [-0.39, 0.29) is 23.9 Å². The summed E-state index contributed by atoms with van der Waals surface area (Å²) in [5.41, 5.74) is 3.47. The van der Waals surface area contributed by atoms with E-state index in [4.69, 9.17) is 0 Å². The summed E-state index contributed by atoms with van der Waals surface area (Å²) in [5.74, 6) is -1.52. The SMILES string of the molecule is O=C(Nc1ccc(SC2CC(=O)N(c3ccc(N=Nc4ccccc4)cc3)C2=O)cc1)/C(=C/c1cccc(Br)c1)NC(=O)c1ccccc1. The minimum Gasteiger partial charge on any atom is -0.321 e. The highest BCUT2D eigenvalue weighted by Gasteiger charge is 2.40. The summed E-state index contributed by atoms with van der Waals surface area (Å²) < 4.78 is 0.828.